The monoisotopic (exact) mass is 328 g/mol. The zero-order valence-electron chi connectivity index (χ0n) is 11.2. The molecule has 0 aliphatic rings. The second kappa shape index (κ2) is 5.12. The predicted octanol–water partition coefficient (Wildman–Crippen LogP) is 4.57. The van der Waals surface area contributed by atoms with Crippen LogP contribution in [-0.4, -0.2) is 9.97 Å². The van der Waals surface area contributed by atoms with Crippen LogP contribution in [-0.2, 0) is 0 Å². The molecule has 0 radical (unpaired) electrons. The Morgan fingerprint density at radius 2 is 2.00 bits per heavy atom. The number of benzene rings is 1. The van der Waals surface area contributed by atoms with E-state index in [9.17, 15) is 4.79 Å². The molecule has 0 bridgehead atoms. The fourth-order valence-electron chi connectivity index (χ4n) is 2.36. The Morgan fingerprint density at radius 3 is 2.77 bits per heavy atom. The largest absolute Gasteiger partial charge is 0.461 e. The minimum Gasteiger partial charge on any atom is -0.461 e. The van der Waals surface area contributed by atoms with E-state index in [0.29, 0.717) is 26.8 Å². The second-order valence-corrected chi connectivity index (χ2v) is 5.97. The van der Waals surface area contributed by atoms with Crippen molar-refractivity contribution in [1.82, 2.24) is 9.97 Å². The van der Waals surface area contributed by atoms with Crippen LogP contribution in [0.5, 0.6) is 0 Å². The number of thiophene rings is 1. The summed E-state index contributed by atoms with van der Waals surface area (Å²) in [6.45, 7) is 0. The summed E-state index contributed by atoms with van der Waals surface area (Å²) in [4.78, 5) is 20.4. The number of nitrogens with zero attached hydrogens (tertiary/aromatic N) is 1. The van der Waals surface area contributed by atoms with Crippen LogP contribution in [0, 0.1) is 0 Å². The van der Waals surface area contributed by atoms with E-state index in [0.717, 1.165) is 11.1 Å². The number of H-pyrrole nitrogens is 1. The van der Waals surface area contributed by atoms with E-state index in [1.54, 1.807) is 24.5 Å². The first-order valence-electron chi connectivity index (χ1n) is 6.54. The maximum atomic E-state index is 12.5. The lowest BCUT2D eigenvalue weighted by Crippen LogP contribution is -2.08. The average Bonchev–Trinajstić information content (AvgIpc) is 3.17. The van der Waals surface area contributed by atoms with E-state index >= 15 is 0 Å². The third-order valence-electron chi connectivity index (χ3n) is 3.36. The van der Waals surface area contributed by atoms with Crippen LogP contribution in [0.4, 0.5) is 0 Å². The van der Waals surface area contributed by atoms with Gasteiger partial charge >= 0.3 is 0 Å². The molecule has 4 aromatic rings. The standard InChI is InChI=1S/C16H9ClN2O2S/c17-11-5-2-1-4-9(11)10-8-22-16-13(10)15(20)18-14(19-16)12-6-3-7-21-12/h1-8H,(H,18,19,20). The zero-order chi connectivity index (χ0) is 15.1. The van der Waals surface area contributed by atoms with Gasteiger partial charge in [-0.1, -0.05) is 29.8 Å². The van der Waals surface area contributed by atoms with Crippen LogP contribution < -0.4 is 5.56 Å². The second-order valence-electron chi connectivity index (χ2n) is 4.70. The minimum absolute atomic E-state index is 0.201. The summed E-state index contributed by atoms with van der Waals surface area (Å²) in [7, 11) is 0. The summed E-state index contributed by atoms with van der Waals surface area (Å²) >= 11 is 7.65. The average molecular weight is 329 g/mol. The Balaban J connectivity index is 1.98. The van der Waals surface area contributed by atoms with Gasteiger partial charge in [-0.2, -0.15) is 0 Å². The number of furan rings is 1. The zero-order valence-corrected chi connectivity index (χ0v) is 12.7. The number of rotatable bonds is 2. The Hall–Kier alpha value is -2.37. The number of nitrogens with one attached hydrogen (secondary N) is 1. The number of aromatic nitrogens is 2. The van der Waals surface area contributed by atoms with Crippen molar-refractivity contribution in [1.29, 1.82) is 0 Å². The maximum absolute atomic E-state index is 12.5. The first-order chi connectivity index (χ1) is 10.7. The van der Waals surface area contributed by atoms with Crippen molar-refractivity contribution in [3.63, 3.8) is 0 Å². The molecule has 0 amide bonds. The molecule has 22 heavy (non-hydrogen) atoms. The van der Waals surface area contributed by atoms with Crippen molar-refractivity contribution in [2.45, 2.75) is 0 Å². The van der Waals surface area contributed by atoms with Gasteiger partial charge in [0.05, 0.1) is 11.6 Å². The normalized spacial score (nSPS) is 11.1. The van der Waals surface area contributed by atoms with Crippen LogP contribution in [0.1, 0.15) is 0 Å². The maximum Gasteiger partial charge on any atom is 0.260 e. The van der Waals surface area contributed by atoms with Gasteiger partial charge in [-0.25, -0.2) is 4.98 Å². The first-order valence-corrected chi connectivity index (χ1v) is 7.80. The summed E-state index contributed by atoms with van der Waals surface area (Å²) in [6.07, 6.45) is 1.54. The van der Waals surface area contributed by atoms with E-state index in [2.05, 4.69) is 9.97 Å². The van der Waals surface area contributed by atoms with Gasteiger partial charge in [-0.3, -0.25) is 4.79 Å². The predicted molar refractivity (Wildman–Crippen MR) is 88.4 cm³/mol. The van der Waals surface area contributed by atoms with E-state index < -0.39 is 0 Å². The van der Waals surface area contributed by atoms with Crippen molar-refractivity contribution in [2.24, 2.45) is 0 Å². The number of halogens is 1. The van der Waals surface area contributed by atoms with Gasteiger partial charge in [0.1, 0.15) is 4.83 Å². The molecule has 0 saturated heterocycles. The Bertz CT molecular complexity index is 1020. The molecule has 0 atom stereocenters. The van der Waals surface area contributed by atoms with Crippen LogP contribution >= 0.6 is 22.9 Å². The lowest BCUT2D eigenvalue weighted by atomic mass is 10.1. The summed E-state index contributed by atoms with van der Waals surface area (Å²) in [5.41, 5.74) is 1.42. The highest BCUT2D eigenvalue weighted by Gasteiger charge is 2.15. The number of aromatic amines is 1. The Morgan fingerprint density at radius 1 is 1.14 bits per heavy atom. The van der Waals surface area contributed by atoms with E-state index in [1.807, 2.05) is 23.6 Å². The van der Waals surface area contributed by atoms with Gasteiger partial charge in [0, 0.05) is 21.5 Å². The van der Waals surface area contributed by atoms with Crippen molar-refractivity contribution < 1.29 is 4.42 Å². The van der Waals surface area contributed by atoms with Gasteiger partial charge in [0.15, 0.2) is 11.6 Å². The van der Waals surface area contributed by atoms with Crippen LogP contribution in [0.15, 0.2) is 57.3 Å². The quantitative estimate of drug-likeness (QED) is 0.586. The molecule has 0 aliphatic heterocycles. The Labute approximate surface area is 134 Å². The summed E-state index contributed by atoms with van der Waals surface area (Å²) in [5, 5.41) is 3.06. The minimum atomic E-state index is -0.201. The van der Waals surface area contributed by atoms with Gasteiger partial charge < -0.3 is 9.40 Å². The third-order valence-corrected chi connectivity index (χ3v) is 4.56. The molecule has 3 aromatic heterocycles. The van der Waals surface area contributed by atoms with E-state index in [1.165, 1.54) is 11.3 Å². The van der Waals surface area contributed by atoms with Crippen molar-refractivity contribution in [2.75, 3.05) is 0 Å². The SMILES string of the molecule is O=c1[nH]c(-c2ccco2)nc2scc(-c3ccccc3Cl)c12. The van der Waals surface area contributed by atoms with Crippen molar-refractivity contribution >= 4 is 33.2 Å². The number of hydrogen-bond donors (Lipinski definition) is 1. The highest BCUT2D eigenvalue weighted by molar-refractivity contribution is 7.17. The van der Waals surface area contributed by atoms with Crippen LogP contribution in [0.25, 0.3) is 32.9 Å². The third kappa shape index (κ3) is 2.06. The molecule has 108 valence electrons. The molecule has 0 fully saturated rings. The molecule has 3 heterocycles. The summed E-state index contributed by atoms with van der Waals surface area (Å²) < 4.78 is 5.28. The fraction of sp³-hybridized carbons (Fsp3) is 0. The first kappa shape index (κ1) is 13.3. The fourth-order valence-corrected chi connectivity index (χ4v) is 3.53. The molecule has 0 aliphatic carbocycles. The van der Waals surface area contributed by atoms with Gasteiger partial charge in [0.25, 0.3) is 5.56 Å². The van der Waals surface area contributed by atoms with Crippen molar-refractivity contribution in [3.8, 4) is 22.7 Å². The Kier molecular flexibility index (Phi) is 3.10. The van der Waals surface area contributed by atoms with E-state index in [-0.39, 0.29) is 5.56 Å². The molecule has 0 spiro atoms. The van der Waals surface area contributed by atoms with Gasteiger partial charge in [-0.05, 0) is 18.2 Å². The summed E-state index contributed by atoms with van der Waals surface area (Å²) in [5.74, 6) is 0.960. The lowest BCUT2D eigenvalue weighted by Gasteiger charge is -2.02. The van der Waals surface area contributed by atoms with E-state index in [4.69, 9.17) is 16.0 Å². The number of fused-ring (bicyclic) bond motifs is 1. The van der Waals surface area contributed by atoms with Gasteiger partial charge in [0.2, 0.25) is 0 Å². The number of hydrogen-bond acceptors (Lipinski definition) is 4. The highest BCUT2D eigenvalue weighted by atomic mass is 35.5. The molecule has 1 aromatic carbocycles. The molecule has 1 N–H and O–H groups in total. The summed E-state index contributed by atoms with van der Waals surface area (Å²) in [6, 6.07) is 11.0. The van der Waals surface area contributed by atoms with Gasteiger partial charge in [-0.15, -0.1) is 11.3 Å². The molecule has 0 unspecified atom stereocenters. The molecule has 6 heteroatoms. The molecular weight excluding hydrogens is 320 g/mol. The topological polar surface area (TPSA) is 58.9 Å². The smallest absolute Gasteiger partial charge is 0.260 e. The van der Waals surface area contributed by atoms with Crippen LogP contribution in [0.3, 0.4) is 0 Å². The molecule has 4 rings (SSSR count). The van der Waals surface area contributed by atoms with Crippen molar-refractivity contribution in [3.05, 3.63) is 63.4 Å². The van der Waals surface area contributed by atoms with Crippen LogP contribution in [0.2, 0.25) is 5.02 Å². The molecular formula is C16H9ClN2O2S. The molecule has 0 saturated carbocycles. The lowest BCUT2D eigenvalue weighted by molar-refractivity contribution is 0.577. The highest BCUT2D eigenvalue weighted by Crippen LogP contribution is 2.35. The molecule has 4 nitrogen and oxygen atoms in total.